The van der Waals surface area contributed by atoms with Crippen LogP contribution in [0.25, 0.3) is 0 Å². The third-order valence-electron chi connectivity index (χ3n) is 4.38. The summed E-state index contributed by atoms with van der Waals surface area (Å²) in [4.78, 5) is 20.4. The highest BCUT2D eigenvalue weighted by Gasteiger charge is 2.34. The Morgan fingerprint density at radius 1 is 1.36 bits per heavy atom. The van der Waals surface area contributed by atoms with E-state index in [0.717, 1.165) is 41.5 Å². The highest BCUT2D eigenvalue weighted by atomic mass is 32.1. The van der Waals surface area contributed by atoms with Crippen molar-refractivity contribution < 1.29 is 4.79 Å². The predicted octanol–water partition coefficient (Wildman–Crippen LogP) is 4.07. The molecule has 1 aromatic heterocycles. The summed E-state index contributed by atoms with van der Waals surface area (Å²) in [6.45, 7) is 9.61. The third kappa shape index (κ3) is 3.62. The first-order valence-electron chi connectivity index (χ1n) is 8.38. The van der Waals surface area contributed by atoms with Gasteiger partial charge in [-0.15, -0.1) is 0 Å². The van der Waals surface area contributed by atoms with Crippen molar-refractivity contribution in [3.05, 3.63) is 10.6 Å². The Hall–Kier alpha value is -1.10. The second-order valence-corrected chi connectivity index (χ2v) is 8.91. The summed E-state index contributed by atoms with van der Waals surface area (Å²) in [5.41, 5.74) is 1.13. The molecule has 0 aromatic carbocycles. The van der Waals surface area contributed by atoms with E-state index in [2.05, 4.69) is 36.0 Å². The van der Waals surface area contributed by atoms with Crippen LogP contribution in [0, 0.1) is 12.3 Å². The van der Waals surface area contributed by atoms with Gasteiger partial charge in [0.05, 0.1) is 5.69 Å². The number of carbonyl (C=O) groups is 1. The molecular formula is C17H27N3OS. The quantitative estimate of drug-likeness (QED) is 0.909. The number of nitrogens with zero attached hydrogens (tertiary/aromatic N) is 2. The van der Waals surface area contributed by atoms with Gasteiger partial charge in [-0.3, -0.25) is 4.79 Å². The lowest BCUT2D eigenvalue weighted by molar-refractivity contribution is 0.0708. The molecule has 5 heteroatoms. The fourth-order valence-electron chi connectivity index (χ4n) is 3.21. The van der Waals surface area contributed by atoms with Gasteiger partial charge in [0.2, 0.25) is 0 Å². The maximum atomic E-state index is 12.9. The first kappa shape index (κ1) is 15.8. The Morgan fingerprint density at radius 3 is 2.73 bits per heavy atom. The Labute approximate surface area is 137 Å². The van der Waals surface area contributed by atoms with Gasteiger partial charge in [-0.25, -0.2) is 4.98 Å². The number of anilines is 1. The van der Waals surface area contributed by atoms with Crippen molar-refractivity contribution in [3.63, 3.8) is 0 Å². The minimum Gasteiger partial charge on any atom is -0.359 e. The monoisotopic (exact) mass is 321 g/mol. The molecule has 2 fully saturated rings. The zero-order chi connectivity index (χ0) is 15.9. The fourth-order valence-corrected chi connectivity index (χ4v) is 4.21. The van der Waals surface area contributed by atoms with Crippen LogP contribution in [0.4, 0.5) is 5.13 Å². The Balaban J connectivity index is 1.73. The lowest BCUT2D eigenvalue weighted by Crippen LogP contribution is -2.37. The molecule has 0 spiro atoms. The largest absolute Gasteiger partial charge is 0.359 e. The molecule has 2 heterocycles. The molecule has 1 aliphatic heterocycles. The Morgan fingerprint density at radius 2 is 2.09 bits per heavy atom. The fraction of sp³-hybridized carbons (Fsp3) is 0.765. The molecular weight excluding hydrogens is 294 g/mol. The number of aromatic nitrogens is 1. The minimum atomic E-state index is 0.186. The standard InChI is InChI=1S/C17H27N3OS/c1-11-14(22-16(18-11)19-12-7-8-12)15(21)20-9-5-6-13(20)10-17(2,3)4/h12-13H,5-10H2,1-4H3,(H,18,19)/t13-/m0/s1. The topological polar surface area (TPSA) is 45.2 Å². The van der Waals surface area contributed by atoms with E-state index >= 15 is 0 Å². The molecule has 22 heavy (non-hydrogen) atoms. The van der Waals surface area contributed by atoms with Gasteiger partial charge in [0.1, 0.15) is 4.88 Å². The van der Waals surface area contributed by atoms with Gasteiger partial charge in [-0.2, -0.15) is 0 Å². The summed E-state index contributed by atoms with van der Waals surface area (Å²) in [5, 5.41) is 4.32. The lowest BCUT2D eigenvalue weighted by Gasteiger charge is -2.30. The van der Waals surface area contributed by atoms with Gasteiger partial charge in [-0.05, 0) is 44.4 Å². The SMILES string of the molecule is Cc1nc(NC2CC2)sc1C(=O)N1CCC[C@H]1CC(C)(C)C. The molecule has 1 N–H and O–H groups in total. The summed E-state index contributed by atoms with van der Waals surface area (Å²) in [7, 11) is 0. The normalized spacial score (nSPS) is 22.2. The van der Waals surface area contributed by atoms with Crippen molar-refractivity contribution in [3.8, 4) is 0 Å². The zero-order valence-corrected chi connectivity index (χ0v) is 14.9. The van der Waals surface area contributed by atoms with E-state index in [9.17, 15) is 4.79 Å². The number of aryl methyl sites for hydroxylation is 1. The second-order valence-electron chi connectivity index (χ2n) is 7.91. The number of nitrogens with one attached hydrogen (secondary N) is 1. The van der Waals surface area contributed by atoms with E-state index in [-0.39, 0.29) is 11.3 Å². The lowest BCUT2D eigenvalue weighted by atomic mass is 9.87. The molecule has 1 atom stereocenters. The van der Waals surface area contributed by atoms with E-state index < -0.39 is 0 Å². The summed E-state index contributed by atoms with van der Waals surface area (Å²) in [6.07, 6.45) is 5.78. The van der Waals surface area contributed by atoms with Crippen molar-refractivity contribution >= 4 is 22.4 Å². The molecule has 0 bridgehead atoms. The smallest absolute Gasteiger partial charge is 0.266 e. The highest BCUT2D eigenvalue weighted by Crippen LogP contribution is 2.34. The van der Waals surface area contributed by atoms with Gasteiger partial charge in [-0.1, -0.05) is 32.1 Å². The summed E-state index contributed by atoms with van der Waals surface area (Å²) in [5.74, 6) is 0.186. The second kappa shape index (κ2) is 5.84. The van der Waals surface area contributed by atoms with E-state index in [1.165, 1.54) is 24.2 Å². The average Bonchev–Trinajstić information content (AvgIpc) is 2.97. The van der Waals surface area contributed by atoms with Crippen LogP contribution >= 0.6 is 11.3 Å². The maximum Gasteiger partial charge on any atom is 0.266 e. The predicted molar refractivity (Wildman–Crippen MR) is 91.6 cm³/mol. The number of hydrogen-bond donors (Lipinski definition) is 1. The molecule has 122 valence electrons. The highest BCUT2D eigenvalue weighted by molar-refractivity contribution is 7.17. The molecule has 1 aromatic rings. The van der Waals surface area contributed by atoms with Crippen LogP contribution in [0.1, 0.15) is 68.2 Å². The number of likely N-dealkylation sites (tertiary alicyclic amines) is 1. The van der Waals surface area contributed by atoms with Gasteiger partial charge in [0, 0.05) is 18.6 Å². The van der Waals surface area contributed by atoms with E-state index in [1.54, 1.807) is 0 Å². The van der Waals surface area contributed by atoms with Crippen molar-refractivity contribution in [1.29, 1.82) is 0 Å². The van der Waals surface area contributed by atoms with Crippen LogP contribution in [0.2, 0.25) is 0 Å². The average molecular weight is 321 g/mol. The molecule has 4 nitrogen and oxygen atoms in total. The number of thiazole rings is 1. The molecule has 1 amide bonds. The van der Waals surface area contributed by atoms with E-state index in [0.29, 0.717) is 12.1 Å². The number of rotatable bonds is 4. The molecule has 0 radical (unpaired) electrons. The van der Waals surface area contributed by atoms with Crippen LogP contribution in [-0.4, -0.2) is 34.4 Å². The summed E-state index contributed by atoms with van der Waals surface area (Å²) in [6, 6.07) is 0.961. The van der Waals surface area contributed by atoms with Gasteiger partial charge < -0.3 is 10.2 Å². The number of amides is 1. The van der Waals surface area contributed by atoms with Crippen molar-refractivity contribution in [2.24, 2.45) is 5.41 Å². The Bertz CT molecular complexity index is 557. The van der Waals surface area contributed by atoms with Crippen LogP contribution < -0.4 is 5.32 Å². The first-order valence-corrected chi connectivity index (χ1v) is 9.20. The maximum absolute atomic E-state index is 12.9. The third-order valence-corrected chi connectivity index (χ3v) is 5.46. The first-order chi connectivity index (χ1) is 10.3. The van der Waals surface area contributed by atoms with E-state index in [1.807, 2.05) is 6.92 Å². The molecule has 1 aliphatic carbocycles. The van der Waals surface area contributed by atoms with E-state index in [4.69, 9.17) is 0 Å². The van der Waals surface area contributed by atoms with Crippen LogP contribution in [0.5, 0.6) is 0 Å². The molecule has 1 saturated carbocycles. The van der Waals surface area contributed by atoms with Crippen LogP contribution in [-0.2, 0) is 0 Å². The van der Waals surface area contributed by atoms with Gasteiger partial charge >= 0.3 is 0 Å². The minimum absolute atomic E-state index is 0.186. The van der Waals surface area contributed by atoms with Gasteiger partial charge in [0.25, 0.3) is 5.91 Å². The van der Waals surface area contributed by atoms with Gasteiger partial charge in [0.15, 0.2) is 5.13 Å². The molecule has 3 rings (SSSR count). The molecule has 0 unspecified atom stereocenters. The van der Waals surface area contributed by atoms with Crippen molar-refractivity contribution in [2.75, 3.05) is 11.9 Å². The zero-order valence-electron chi connectivity index (χ0n) is 14.1. The summed E-state index contributed by atoms with van der Waals surface area (Å²) >= 11 is 1.53. The summed E-state index contributed by atoms with van der Waals surface area (Å²) < 4.78 is 0. The Kier molecular flexibility index (Phi) is 4.19. The molecule has 2 aliphatic rings. The van der Waals surface area contributed by atoms with Crippen LogP contribution in [0.15, 0.2) is 0 Å². The molecule has 1 saturated heterocycles. The van der Waals surface area contributed by atoms with Crippen molar-refractivity contribution in [2.45, 2.75) is 71.9 Å². The number of carbonyl (C=O) groups excluding carboxylic acids is 1. The van der Waals surface area contributed by atoms with Crippen molar-refractivity contribution in [1.82, 2.24) is 9.88 Å². The number of hydrogen-bond acceptors (Lipinski definition) is 4. The van der Waals surface area contributed by atoms with Crippen LogP contribution in [0.3, 0.4) is 0 Å².